The predicted molar refractivity (Wildman–Crippen MR) is 112 cm³/mol. The Labute approximate surface area is 171 Å². The third-order valence-corrected chi connectivity index (χ3v) is 5.84. The number of nitrogens with zero attached hydrogens (tertiary/aromatic N) is 1. The van der Waals surface area contributed by atoms with Crippen molar-refractivity contribution in [2.24, 2.45) is 0 Å². The van der Waals surface area contributed by atoms with Crippen molar-refractivity contribution >= 4 is 17.5 Å². The van der Waals surface area contributed by atoms with Crippen LogP contribution in [0, 0.1) is 6.92 Å². The van der Waals surface area contributed by atoms with Crippen molar-refractivity contribution in [3.05, 3.63) is 64.7 Å². The third-order valence-electron chi connectivity index (χ3n) is 5.84. The molecule has 0 unspecified atom stereocenters. The van der Waals surface area contributed by atoms with Crippen LogP contribution in [0.5, 0.6) is 0 Å². The molecular weight excluding hydrogens is 366 g/mol. The Morgan fingerprint density at radius 1 is 1.10 bits per heavy atom. The number of morpholine rings is 1. The molecule has 1 atom stereocenters. The number of likely N-dealkylation sites (N-methyl/N-ethyl adjacent to an activating group) is 1. The van der Waals surface area contributed by atoms with E-state index in [-0.39, 0.29) is 23.9 Å². The summed E-state index contributed by atoms with van der Waals surface area (Å²) < 4.78 is 5.44. The number of hydrogen-bond acceptors (Lipinski definition) is 4. The first-order chi connectivity index (χ1) is 14.0. The van der Waals surface area contributed by atoms with Crippen molar-refractivity contribution in [3.8, 4) is 0 Å². The van der Waals surface area contributed by atoms with E-state index in [0.717, 1.165) is 24.9 Å². The number of rotatable bonds is 4. The number of benzene rings is 2. The van der Waals surface area contributed by atoms with Gasteiger partial charge in [-0.1, -0.05) is 30.3 Å². The number of nitrogens with one attached hydrogen (secondary N) is 2. The van der Waals surface area contributed by atoms with Crippen LogP contribution in [0.25, 0.3) is 0 Å². The van der Waals surface area contributed by atoms with Crippen LogP contribution in [0.2, 0.25) is 0 Å². The van der Waals surface area contributed by atoms with Crippen molar-refractivity contribution in [1.29, 1.82) is 0 Å². The number of anilines is 1. The molecule has 2 aromatic carbocycles. The average molecular weight is 393 g/mol. The number of fused-ring (bicyclic) bond motifs is 1. The Bertz CT molecular complexity index is 902. The van der Waals surface area contributed by atoms with Crippen molar-refractivity contribution in [1.82, 2.24) is 10.2 Å². The highest BCUT2D eigenvalue weighted by Gasteiger charge is 2.27. The maximum Gasteiger partial charge on any atom is 0.251 e. The summed E-state index contributed by atoms with van der Waals surface area (Å²) >= 11 is 0. The zero-order valence-electron chi connectivity index (χ0n) is 16.9. The Kier molecular flexibility index (Phi) is 5.65. The molecule has 1 saturated heterocycles. The minimum absolute atomic E-state index is 0.104. The van der Waals surface area contributed by atoms with E-state index >= 15 is 0 Å². The van der Waals surface area contributed by atoms with E-state index in [2.05, 4.69) is 22.8 Å². The molecule has 29 heavy (non-hydrogen) atoms. The molecule has 0 saturated carbocycles. The summed E-state index contributed by atoms with van der Waals surface area (Å²) in [6, 6.07) is 13.5. The van der Waals surface area contributed by atoms with E-state index < -0.39 is 0 Å². The molecule has 1 heterocycles. The highest BCUT2D eigenvalue weighted by Crippen LogP contribution is 2.23. The van der Waals surface area contributed by atoms with Crippen LogP contribution >= 0.6 is 0 Å². The molecular formula is C23H27N3O3. The van der Waals surface area contributed by atoms with Crippen molar-refractivity contribution < 1.29 is 14.3 Å². The molecule has 6 heteroatoms. The Morgan fingerprint density at radius 2 is 1.83 bits per heavy atom. The van der Waals surface area contributed by atoms with Crippen LogP contribution in [0.1, 0.15) is 27.0 Å². The fourth-order valence-corrected chi connectivity index (χ4v) is 4.01. The Balaban J connectivity index is 1.42. The van der Waals surface area contributed by atoms with Gasteiger partial charge in [0.2, 0.25) is 5.91 Å². The smallest absolute Gasteiger partial charge is 0.251 e. The summed E-state index contributed by atoms with van der Waals surface area (Å²) in [7, 11) is 1.92. The lowest BCUT2D eigenvalue weighted by Crippen LogP contribution is -2.49. The van der Waals surface area contributed by atoms with Gasteiger partial charge in [-0.15, -0.1) is 0 Å². The van der Waals surface area contributed by atoms with Gasteiger partial charge in [0.05, 0.1) is 13.2 Å². The maximum atomic E-state index is 12.8. The summed E-state index contributed by atoms with van der Waals surface area (Å²) in [6.07, 6.45) is 1.71. The number of carbonyl (C=O) groups is 2. The molecule has 0 radical (unpaired) electrons. The van der Waals surface area contributed by atoms with E-state index in [9.17, 15) is 9.59 Å². The zero-order chi connectivity index (χ0) is 20.4. The molecule has 2 amide bonds. The first kappa shape index (κ1) is 19.6. The fourth-order valence-electron chi connectivity index (χ4n) is 4.01. The summed E-state index contributed by atoms with van der Waals surface area (Å²) in [6.45, 7) is 3.67. The first-order valence-electron chi connectivity index (χ1n) is 10.1. The monoisotopic (exact) mass is 393 g/mol. The lowest BCUT2D eigenvalue weighted by Gasteiger charge is -2.31. The predicted octanol–water partition coefficient (Wildman–Crippen LogP) is 2.16. The van der Waals surface area contributed by atoms with Gasteiger partial charge < -0.3 is 15.4 Å². The molecule has 0 bridgehead atoms. The van der Waals surface area contributed by atoms with Gasteiger partial charge in [-0.3, -0.25) is 14.5 Å². The number of carbonyl (C=O) groups excluding carboxylic acids is 2. The molecule has 152 valence electrons. The summed E-state index contributed by atoms with van der Waals surface area (Å²) in [5.74, 6) is -0.226. The molecule has 2 aromatic rings. The van der Waals surface area contributed by atoms with Crippen LogP contribution in [-0.4, -0.2) is 55.6 Å². The van der Waals surface area contributed by atoms with E-state index in [1.165, 1.54) is 11.1 Å². The Morgan fingerprint density at radius 3 is 2.52 bits per heavy atom. The largest absolute Gasteiger partial charge is 0.378 e. The summed E-state index contributed by atoms with van der Waals surface area (Å²) in [4.78, 5) is 27.5. The van der Waals surface area contributed by atoms with Crippen LogP contribution in [0.4, 0.5) is 5.69 Å². The second-order valence-corrected chi connectivity index (χ2v) is 7.94. The van der Waals surface area contributed by atoms with Gasteiger partial charge in [0.1, 0.15) is 6.04 Å². The molecule has 0 aromatic heterocycles. The topological polar surface area (TPSA) is 70.7 Å². The highest BCUT2D eigenvalue weighted by molar-refractivity contribution is 5.99. The van der Waals surface area contributed by atoms with Gasteiger partial charge in [0, 0.05) is 23.8 Å². The molecule has 1 aliphatic heterocycles. The molecule has 6 nitrogen and oxygen atoms in total. The van der Waals surface area contributed by atoms with Crippen molar-refractivity contribution in [3.63, 3.8) is 0 Å². The van der Waals surface area contributed by atoms with Crippen LogP contribution in [0.15, 0.2) is 42.5 Å². The second kappa shape index (κ2) is 8.35. The quantitative estimate of drug-likeness (QED) is 0.835. The number of aryl methyl sites for hydroxylation is 1. The van der Waals surface area contributed by atoms with Gasteiger partial charge in [-0.05, 0) is 55.6 Å². The minimum atomic E-state index is -0.322. The van der Waals surface area contributed by atoms with Gasteiger partial charge >= 0.3 is 0 Å². The van der Waals surface area contributed by atoms with Crippen LogP contribution < -0.4 is 10.6 Å². The van der Waals surface area contributed by atoms with Gasteiger partial charge in [-0.25, -0.2) is 0 Å². The molecule has 2 aliphatic rings. The fraction of sp³-hybridized carbons (Fsp3) is 0.391. The summed E-state index contributed by atoms with van der Waals surface area (Å²) in [5.41, 5.74) is 4.73. The van der Waals surface area contributed by atoms with E-state index in [0.29, 0.717) is 24.5 Å². The van der Waals surface area contributed by atoms with E-state index in [1.807, 2.05) is 37.1 Å². The normalized spacial score (nSPS) is 19.6. The minimum Gasteiger partial charge on any atom is -0.378 e. The van der Waals surface area contributed by atoms with Crippen molar-refractivity contribution in [2.75, 3.05) is 32.1 Å². The Hall–Kier alpha value is -2.70. The standard InChI is InChI=1S/C23H27N3O3/c1-15-7-8-18(13-20(15)25-23(28)21-14-29-10-9-26(21)2)22(27)24-19-11-16-5-3-4-6-17(16)12-19/h3-8,13,19,21H,9-12,14H2,1-2H3,(H,24,27)(H,25,28)/t21-/m0/s1. The lowest BCUT2D eigenvalue weighted by atomic mass is 10.1. The van der Waals surface area contributed by atoms with E-state index in [1.54, 1.807) is 12.1 Å². The first-order valence-corrected chi connectivity index (χ1v) is 10.1. The lowest BCUT2D eigenvalue weighted by molar-refractivity contribution is -0.126. The second-order valence-electron chi connectivity index (χ2n) is 7.94. The van der Waals surface area contributed by atoms with E-state index in [4.69, 9.17) is 4.74 Å². The zero-order valence-corrected chi connectivity index (χ0v) is 16.9. The van der Waals surface area contributed by atoms with Gasteiger partial charge in [-0.2, -0.15) is 0 Å². The molecule has 1 aliphatic carbocycles. The maximum absolute atomic E-state index is 12.8. The van der Waals surface area contributed by atoms with Crippen LogP contribution in [-0.2, 0) is 22.4 Å². The SMILES string of the molecule is Cc1ccc(C(=O)NC2Cc3ccccc3C2)cc1NC(=O)[C@@H]1COCCN1C. The highest BCUT2D eigenvalue weighted by atomic mass is 16.5. The number of hydrogen-bond donors (Lipinski definition) is 2. The van der Waals surface area contributed by atoms with Crippen molar-refractivity contribution in [2.45, 2.75) is 31.8 Å². The van der Waals surface area contributed by atoms with Gasteiger partial charge in [0.15, 0.2) is 0 Å². The molecule has 2 N–H and O–H groups in total. The molecule has 0 spiro atoms. The number of amides is 2. The summed E-state index contributed by atoms with van der Waals surface area (Å²) in [5, 5.41) is 6.11. The number of ether oxygens (including phenoxy) is 1. The van der Waals surface area contributed by atoms with Gasteiger partial charge in [0.25, 0.3) is 5.91 Å². The molecule has 4 rings (SSSR count). The molecule has 1 fully saturated rings. The third kappa shape index (κ3) is 4.33. The average Bonchev–Trinajstić information content (AvgIpc) is 3.12. The van der Waals surface area contributed by atoms with Crippen LogP contribution in [0.3, 0.4) is 0 Å².